The molecule has 88 valence electrons. The molecule has 1 heterocycles. The van der Waals surface area contributed by atoms with Gasteiger partial charge in [0.1, 0.15) is 11.9 Å². The first-order valence-corrected chi connectivity index (χ1v) is 7.52. The van der Waals surface area contributed by atoms with E-state index in [0.29, 0.717) is 6.42 Å². The highest BCUT2D eigenvalue weighted by Crippen LogP contribution is 2.37. The Morgan fingerprint density at radius 1 is 1.56 bits per heavy atom. The molecule has 0 saturated carbocycles. The zero-order chi connectivity index (χ0) is 11.5. The van der Waals surface area contributed by atoms with Crippen molar-refractivity contribution in [3.63, 3.8) is 0 Å². The summed E-state index contributed by atoms with van der Waals surface area (Å²) in [6.07, 6.45) is 3.53. The molecule has 0 amide bonds. The van der Waals surface area contributed by atoms with E-state index in [9.17, 15) is 5.11 Å². The first kappa shape index (κ1) is 12.3. The normalized spacial score (nSPS) is 23.7. The van der Waals surface area contributed by atoms with Crippen LogP contribution in [0.25, 0.3) is 0 Å². The van der Waals surface area contributed by atoms with Crippen LogP contribution in [0.4, 0.5) is 0 Å². The van der Waals surface area contributed by atoms with Gasteiger partial charge in [-0.1, -0.05) is 15.9 Å². The van der Waals surface area contributed by atoms with E-state index in [-0.39, 0.29) is 6.10 Å². The molecule has 1 aromatic carbocycles. The Balaban J connectivity index is 2.13. The Morgan fingerprint density at radius 2 is 2.38 bits per heavy atom. The molecule has 0 aliphatic carbocycles. The molecule has 1 aliphatic heterocycles. The van der Waals surface area contributed by atoms with E-state index in [1.165, 1.54) is 0 Å². The van der Waals surface area contributed by atoms with Crippen LogP contribution in [0.5, 0.6) is 5.75 Å². The number of aliphatic hydroxyl groups excluding tert-OH is 1. The monoisotopic (exact) mass is 302 g/mol. The van der Waals surface area contributed by atoms with Crippen LogP contribution in [-0.4, -0.2) is 23.2 Å². The number of fused-ring (bicyclic) bond motifs is 1. The van der Waals surface area contributed by atoms with E-state index in [0.717, 1.165) is 28.0 Å². The SMILES string of the molecule is CSCCC1CC(O)c2cc(Br)ccc2O1. The third kappa shape index (κ3) is 2.73. The predicted octanol–water partition coefficient (Wildman–Crippen LogP) is 3.39. The fourth-order valence-electron chi connectivity index (χ4n) is 1.92. The van der Waals surface area contributed by atoms with Gasteiger partial charge < -0.3 is 9.84 Å². The van der Waals surface area contributed by atoms with Crippen LogP contribution in [0.15, 0.2) is 22.7 Å². The fourth-order valence-corrected chi connectivity index (χ4v) is 2.79. The van der Waals surface area contributed by atoms with Gasteiger partial charge in [-0.25, -0.2) is 0 Å². The number of thioether (sulfide) groups is 1. The van der Waals surface area contributed by atoms with Gasteiger partial charge in [-0.3, -0.25) is 0 Å². The lowest BCUT2D eigenvalue weighted by Crippen LogP contribution is -2.26. The van der Waals surface area contributed by atoms with Gasteiger partial charge in [0.05, 0.1) is 6.10 Å². The van der Waals surface area contributed by atoms with Crippen LogP contribution in [0.1, 0.15) is 24.5 Å². The van der Waals surface area contributed by atoms with Crippen LogP contribution in [-0.2, 0) is 0 Å². The summed E-state index contributed by atoms with van der Waals surface area (Å²) in [6, 6.07) is 5.81. The predicted molar refractivity (Wildman–Crippen MR) is 71.1 cm³/mol. The van der Waals surface area contributed by atoms with Crippen molar-refractivity contribution in [3.05, 3.63) is 28.2 Å². The fraction of sp³-hybridized carbons (Fsp3) is 0.500. The topological polar surface area (TPSA) is 29.5 Å². The molecule has 2 atom stereocenters. The van der Waals surface area contributed by atoms with Gasteiger partial charge in [0, 0.05) is 16.5 Å². The summed E-state index contributed by atoms with van der Waals surface area (Å²) in [5.74, 6) is 1.90. The van der Waals surface area contributed by atoms with Crippen molar-refractivity contribution in [2.75, 3.05) is 12.0 Å². The summed E-state index contributed by atoms with van der Waals surface area (Å²) in [7, 11) is 0. The smallest absolute Gasteiger partial charge is 0.125 e. The van der Waals surface area contributed by atoms with E-state index in [4.69, 9.17) is 4.74 Å². The first-order chi connectivity index (χ1) is 7.70. The molecule has 4 heteroatoms. The number of benzene rings is 1. The van der Waals surface area contributed by atoms with Crippen molar-refractivity contribution in [2.24, 2.45) is 0 Å². The van der Waals surface area contributed by atoms with E-state index >= 15 is 0 Å². The Morgan fingerprint density at radius 3 is 3.12 bits per heavy atom. The van der Waals surface area contributed by atoms with Crippen LogP contribution >= 0.6 is 27.7 Å². The number of rotatable bonds is 3. The van der Waals surface area contributed by atoms with Crippen molar-refractivity contribution in [3.8, 4) is 5.75 Å². The van der Waals surface area contributed by atoms with Crippen LogP contribution in [0, 0.1) is 0 Å². The van der Waals surface area contributed by atoms with Gasteiger partial charge in [0.25, 0.3) is 0 Å². The Bertz CT molecular complexity index is 370. The largest absolute Gasteiger partial charge is 0.490 e. The number of halogens is 1. The summed E-state index contributed by atoms with van der Waals surface area (Å²) in [6.45, 7) is 0. The zero-order valence-corrected chi connectivity index (χ0v) is 11.6. The Hall–Kier alpha value is -0.190. The zero-order valence-electron chi connectivity index (χ0n) is 9.15. The molecule has 1 aliphatic rings. The number of aliphatic hydroxyl groups is 1. The molecule has 1 aromatic rings. The lowest BCUT2D eigenvalue weighted by atomic mass is 9.98. The Kier molecular flexibility index (Phi) is 4.16. The quantitative estimate of drug-likeness (QED) is 0.928. The summed E-state index contributed by atoms with van der Waals surface area (Å²) in [4.78, 5) is 0. The number of hydrogen-bond acceptors (Lipinski definition) is 3. The van der Waals surface area contributed by atoms with Gasteiger partial charge in [-0.15, -0.1) is 0 Å². The third-order valence-corrected chi connectivity index (χ3v) is 3.89. The summed E-state index contributed by atoms with van der Waals surface area (Å²) < 4.78 is 6.85. The highest BCUT2D eigenvalue weighted by molar-refractivity contribution is 9.10. The molecular weight excluding hydrogens is 288 g/mol. The van der Waals surface area contributed by atoms with Crippen LogP contribution < -0.4 is 4.74 Å². The molecule has 1 N–H and O–H groups in total. The average Bonchev–Trinajstić information content (AvgIpc) is 2.27. The number of hydrogen-bond donors (Lipinski definition) is 1. The lowest BCUT2D eigenvalue weighted by molar-refractivity contribution is 0.0648. The van der Waals surface area contributed by atoms with Crippen molar-refractivity contribution >= 4 is 27.7 Å². The molecule has 16 heavy (non-hydrogen) atoms. The highest BCUT2D eigenvalue weighted by Gasteiger charge is 2.26. The van der Waals surface area contributed by atoms with Gasteiger partial charge in [-0.05, 0) is 36.6 Å². The van der Waals surface area contributed by atoms with Crippen molar-refractivity contribution in [1.82, 2.24) is 0 Å². The minimum absolute atomic E-state index is 0.149. The average molecular weight is 303 g/mol. The summed E-state index contributed by atoms with van der Waals surface area (Å²) in [5, 5.41) is 10.0. The second-order valence-corrected chi connectivity index (χ2v) is 5.86. The highest BCUT2D eigenvalue weighted by atomic mass is 79.9. The molecule has 0 aromatic heterocycles. The molecule has 0 fully saturated rings. The molecule has 0 spiro atoms. The van der Waals surface area contributed by atoms with Crippen molar-refractivity contribution in [2.45, 2.75) is 25.0 Å². The lowest BCUT2D eigenvalue weighted by Gasteiger charge is -2.29. The minimum Gasteiger partial charge on any atom is -0.490 e. The van der Waals surface area contributed by atoms with Gasteiger partial charge in [0.15, 0.2) is 0 Å². The molecule has 0 bridgehead atoms. The van der Waals surface area contributed by atoms with Gasteiger partial charge >= 0.3 is 0 Å². The Labute approximate surface area is 109 Å². The van der Waals surface area contributed by atoms with Crippen LogP contribution in [0.2, 0.25) is 0 Å². The molecule has 2 nitrogen and oxygen atoms in total. The van der Waals surface area contributed by atoms with Gasteiger partial charge in [0.2, 0.25) is 0 Å². The minimum atomic E-state index is -0.395. The standard InChI is InChI=1S/C12H15BrO2S/c1-16-5-4-9-7-11(14)10-6-8(13)2-3-12(10)15-9/h2-3,6,9,11,14H,4-5,7H2,1H3. The summed E-state index contributed by atoms with van der Waals surface area (Å²) in [5.41, 5.74) is 0.898. The maximum Gasteiger partial charge on any atom is 0.125 e. The maximum atomic E-state index is 10.0. The first-order valence-electron chi connectivity index (χ1n) is 5.34. The molecular formula is C12H15BrO2S. The number of ether oxygens (including phenoxy) is 1. The third-order valence-electron chi connectivity index (χ3n) is 2.75. The molecule has 2 rings (SSSR count). The van der Waals surface area contributed by atoms with Crippen LogP contribution in [0.3, 0.4) is 0 Å². The summed E-state index contributed by atoms with van der Waals surface area (Å²) >= 11 is 5.22. The van der Waals surface area contributed by atoms with Crippen molar-refractivity contribution in [1.29, 1.82) is 0 Å². The van der Waals surface area contributed by atoms with E-state index in [2.05, 4.69) is 22.2 Å². The molecule has 0 radical (unpaired) electrons. The second-order valence-electron chi connectivity index (χ2n) is 3.95. The van der Waals surface area contributed by atoms with E-state index in [1.54, 1.807) is 0 Å². The van der Waals surface area contributed by atoms with E-state index < -0.39 is 6.10 Å². The van der Waals surface area contributed by atoms with Gasteiger partial charge in [-0.2, -0.15) is 11.8 Å². The second kappa shape index (κ2) is 5.43. The maximum absolute atomic E-state index is 10.0. The molecule has 0 saturated heterocycles. The molecule has 2 unspecified atom stereocenters. The van der Waals surface area contributed by atoms with Crippen molar-refractivity contribution < 1.29 is 9.84 Å². The van der Waals surface area contributed by atoms with E-state index in [1.807, 2.05) is 30.0 Å².